The number of carbonyl (C=O) groups excluding carboxylic acids is 1. The van der Waals surface area contributed by atoms with E-state index in [1.54, 1.807) is 0 Å². The van der Waals surface area contributed by atoms with E-state index in [0.29, 0.717) is 5.69 Å². The van der Waals surface area contributed by atoms with E-state index in [1.165, 1.54) is 18.3 Å². The second-order valence-corrected chi connectivity index (χ2v) is 5.38. The minimum atomic E-state index is -1.00. The molecular formula is C12H15N3O3S. The molecule has 1 aromatic heterocycles. The van der Waals surface area contributed by atoms with Gasteiger partial charge in [-0.3, -0.25) is 4.98 Å². The molecule has 1 saturated heterocycles. The van der Waals surface area contributed by atoms with Crippen LogP contribution in [0.3, 0.4) is 0 Å². The average molecular weight is 281 g/mol. The Labute approximate surface area is 115 Å². The van der Waals surface area contributed by atoms with Gasteiger partial charge >= 0.3 is 12.0 Å². The van der Waals surface area contributed by atoms with Crippen molar-refractivity contribution >= 4 is 23.8 Å². The third-order valence-electron chi connectivity index (χ3n) is 2.76. The molecular weight excluding hydrogens is 266 g/mol. The zero-order valence-electron chi connectivity index (χ0n) is 10.3. The number of aromatic carboxylic acids is 1. The van der Waals surface area contributed by atoms with Gasteiger partial charge in [0, 0.05) is 18.0 Å². The Morgan fingerprint density at radius 1 is 1.53 bits per heavy atom. The van der Waals surface area contributed by atoms with Gasteiger partial charge in [0.05, 0.1) is 17.8 Å². The fourth-order valence-corrected chi connectivity index (χ4v) is 2.92. The van der Waals surface area contributed by atoms with Gasteiger partial charge in [0.25, 0.3) is 0 Å². The molecule has 1 aliphatic heterocycles. The zero-order valence-corrected chi connectivity index (χ0v) is 11.1. The number of aromatic nitrogens is 1. The van der Waals surface area contributed by atoms with Crippen LogP contribution in [-0.4, -0.2) is 39.6 Å². The summed E-state index contributed by atoms with van der Waals surface area (Å²) in [4.78, 5) is 26.4. The van der Waals surface area contributed by atoms with Crippen LogP contribution in [0, 0.1) is 0 Å². The molecule has 0 aliphatic carbocycles. The van der Waals surface area contributed by atoms with Gasteiger partial charge in [0.15, 0.2) is 0 Å². The van der Waals surface area contributed by atoms with Crippen molar-refractivity contribution < 1.29 is 14.7 Å². The van der Waals surface area contributed by atoms with E-state index >= 15 is 0 Å². The smallest absolute Gasteiger partial charge is 0.335 e. The summed E-state index contributed by atoms with van der Waals surface area (Å²) in [5.41, 5.74) is 0.690. The summed E-state index contributed by atoms with van der Waals surface area (Å²) in [6.07, 6.45) is 2.41. The van der Waals surface area contributed by atoms with Gasteiger partial charge in [-0.1, -0.05) is 0 Å². The first-order valence-electron chi connectivity index (χ1n) is 5.95. The molecule has 3 N–H and O–H groups in total. The zero-order chi connectivity index (χ0) is 13.7. The second kappa shape index (κ2) is 6.42. The lowest BCUT2D eigenvalue weighted by atomic mass is 10.2. The Morgan fingerprint density at radius 3 is 3.05 bits per heavy atom. The van der Waals surface area contributed by atoms with Gasteiger partial charge in [-0.15, -0.1) is 0 Å². The van der Waals surface area contributed by atoms with Crippen molar-refractivity contribution in [3.8, 4) is 0 Å². The van der Waals surface area contributed by atoms with Crippen LogP contribution < -0.4 is 10.6 Å². The predicted octanol–water partition coefficient (Wildman–Crippen LogP) is 1.08. The maximum Gasteiger partial charge on any atom is 0.335 e. The van der Waals surface area contributed by atoms with E-state index in [9.17, 15) is 9.59 Å². The molecule has 2 rings (SSSR count). The monoisotopic (exact) mass is 281 g/mol. The molecule has 2 amide bonds. The third kappa shape index (κ3) is 4.13. The van der Waals surface area contributed by atoms with Crippen LogP contribution in [0.5, 0.6) is 0 Å². The highest BCUT2D eigenvalue weighted by atomic mass is 32.2. The number of thioether (sulfide) groups is 1. The predicted molar refractivity (Wildman–Crippen MR) is 72.3 cm³/mol. The number of rotatable bonds is 4. The van der Waals surface area contributed by atoms with E-state index in [-0.39, 0.29) is 24.2 Å². The van der Waals surface area contributed by atoms with E-state index in [1.807, 2.05) is 11.8 Å². The first kappa shape index (κ1) is 13.7. The number of hydrogen-bond acceptors (Lipinski definition) is 4. The SMILES string of the molecule is O=C(NCc1cc(C(=O)O)ccn1)NC1CCSC1. The normalized spacial score (nSPS) is 18.0. The van der Waals surface area contributed by atoms with Crippen LogP contribution in [0.2, 0.25) is 0 Å². The van der Waals surface area contributed by atoms with Gasteiger partial charge in [-0.05, 0) is 24.3 Å². The van der Waals surface area contributed by atoms with Gasteiger partial charge in [-0.25, -0.2) is 9.59 Å². The molecule has 0 bridgehead atoms. The Kier molecular flexibility index (Phi) is 4.62. The molecule has 6 nitrogen and oxygen atoms in total. The molecule has 1 fully saturated rings. The molecule has 0 spiro atoms. The molecule has 102 valence electrons. The first-order valence-corrected chi connectivity index (χ1v) is 7.11. The lowest BCUT2D eigenvalue weighted by Gasteiger charge is -2.12. The maximum atomic E-state index is 11.6. The topological polar surface area (TPSA) is 91.3 Å². The number of hydrogen-bond donors (Lipinski definition) is 3. The number of carboxylic acid groups (broad SMARTS) is 1. The number of amides is 2. The van der Waals surface area contributed by atoms with Gasteiger partial charge in [-0.2, -0.15) is 11.8 Å². The Balaban J connectivity index is 1.82. The van der Waals surface area contributed by atoms with Crippen LogP contribution in [0.25, 0.3) is 0 Å². The molecule has 1 unspecified atom stereocenters. The molecule has 2 heterocycles. The van der Waals surface area contributed by atoms with Gasteiger partial charge < -0.3 is 15.7 Å². The largest absolute Gasteiger partial charge is 0.478 e. The van der Waals surface area contributed by atoms with Crippen molar-refractivity contribution in [1.82, 2.24) is 15.6 Å². The summed E-state index contributed by atoms with van der Waals surface area (Å²) in [6, 6.07) is 2.86. The quantitative estimate of drug-likeness (QED) is 0.768. The molecule has 1 aromatic rings. The van der Waals surface area contributed by atoms with E-state index < -0.39 is 5.97 Å². The van der Waals surface area contributed by atoms with Crippen LogP contribution in [0.4, 0.5) is 4.79 Å². The minimum absolute atomic E-state index is 0.166. The summed E-state index contributed by atoms with van der Waals surface area (Å²) in [5, 5.41) is 14.4. The van der Waals surface area contributed by atoms with Crippen LogP contribution >= 0.6 is 11.8 Å². The molecule has 0 saturated carbocycles. The summed E-state index contributed by atoms with van der Waals surface area (Å²) >= 11 is 1.82. The van der Waals surface area contributed by atoms with Gasteiger partial charge in [0.2, 0.25) is 0 Å². The van der Waals surface area contributed by atoms with Crippen molar-refractivity contribution in [3.05, 3.63) is 29.6 Å². The number of nitrogens with zero attached hydrogens (tertiary/aromatic N) is 1. The molecule has 1 aliphatic rings. The van der Waals surface area contributed by atoms with Crippen LogP contribution in [-0.2, 0) is 6.54 Å². The van der Waals surface area contributed by atoms with Crippen molar-refractivity contribution in [3.63, 3.8) is 0 Å². The maximum absolute atomic E-state index is 11.6. The molecule has 0 aromatic carbocycles. The standard InChI is InChI=1S/C12H15N3O3S/c16-11(17)8-1-3-13-10(5-8)6-14-12(18)15-9-2-4-19-7-9/h1,3,5,9H,2,4,6-7H2,(H,16,17)(H2,14,15,18). The highest BCUT2D eigenvalue weighted by Gasteiger charge is 2.17. The number of nitrogens with one attached hydrogen (secondary N) is 2. The lowest BCUT2D eigenvalue weighted by Crippen LogP contribution is -2.41. The number of carbonyl (C=O) groups is 2. The van der Waals surface area contributed by atoms with Crippen molar-refractivity contribution in [2.45, 2.75) is 19.0 Å². The fraction of sp³-hybridized carbons (Fsp3) is 0.417. The number of pyridine rings is 1. The first-order chi connectivity index (χ1) is 9.15. The average Bonchev–Trinajstić information content (AvgIpc) is 2.89. The van der Waals surface area contributed by atoms with E-state index in [0.717, 1.165) is 17.9 Å². The van der Waals surface area contributed by atoms with Gasteiger partial charge in [0.1, 0.15) is 0 Å². The summed E-state index contributed by atoms with van der Waals surface area (Å²) in [5.74, 6) is 1.02. The minimum Gasteiger partial charge on any atom is -0.478 e. The lowest BCUT2D eigenvalue weighted by molar-refractivity contribution is 0.0696. The van der Waals surface area contributed by atoms with Crippen LogP contribution in [0.1, 0.15) is 22.5 Å². The third-order valence-corrected chi connectivity index (χ3v) is 3.92. The second-order valence-electron chi connectivity index (χ2n) is 4.23. The van der Waals surface area contributed by atoms with Crippen molar-refractivity contribution in [2.75, 3.05) is 11.5 Å². The molecule has 7 heteroatoms. The highest BCUT2D eigenvalue weighted by molar-refractivity contribution is 7.99. The van der Waals surface area contributed by atoms with Crippen molar-refractivity contribution in [2.24, 2.45) is 0 Å². The van der Waals surface area contributed by atoms with E-state index in [4.69, 9.17) is 5.11 Å². The fourth-order valence-electron chi connectivity index (χ4n) is 1.76. The molecule has 1 atom stereocenters. The summed E-state index contributed by atoms with van der Waals surface area (Å²) < 4.78 is 0. The summed E-state index contributed by atoms with van der Waals surface area (Å²) in [6.45, 7) is 0.215. The molecule has 19 heavy (non-hydrogen) atoms. The Hall–Kier alpha value is -1.76. The highest BCUT2D eigenvalue weighted by Crippen LogP contribution is 2.16. The number of urea groups is 1. The van der Waals surface area contributed by atoms with Crippen molar-refractivity contribution in [1.29, 1.82) is 0 Å². The Bertz CT molecular complexity index is 475. The van der Waals surface area contributed by atoms with Crippen LogP contribution in [0.15, 0.2) is 18.3 Å². The summed E-state index contributed by atoms with van der Waals surface area (Å²) in [7, 11) is 0. The molecule has 0 radical (unpaired) electrons. The van der Waals surface area contributed by atoms with E-state index in [2.05, 4.69) is 15.6 Å². The number of carboxylic acids is 1. The Morgan fingerprint density at radius 2 is 2.37 bits per heavy atom.